The molecule has 1 aromatic heterocycles. The molecule has 0 radical (unpaired) electrons. The van der Waals surface area contributed by atoms with Crippen LogP contribution in [-0.2, 0) is 0 Å². The number of hydrogen-bond acceptors (Lipinski definition) is 8. The van der Waals surface area contributed by atoms with E-state index in [2.05, 4.69) is 9.97 Å². The fourth-order valence-corrected chi connectivity index (χ4v) is 2.04. The Morgan fingerprint density at radius 2 is 1.29 bits per heavy atom. The molecule has 0 spiro atoms. The largest absolute Gasteiger partial charge is 0.493 e. The van der Waals surface area contributed by atoms with Gasteiger partial charge in [0.2, 0.25) is 11.7 Å². The standard InChI is InChI=1S/C13H17N5O3/c1-19-7-4-6(5-8(20-2)10(7)21-3)9-11(14)17-13(16)18-12(9)15/h4-5H,1-3H3,(H6,14,15,16,17,18). The minimum absolute atomic E-state index is 0.0150. The molecule has 0 atom stereocenters. The lowest BCUT2D eigenvalue weighted by Crippen LogP contribution is -2.06. The van der Waals surface area contributed by atoms with Crippen LogP contribution in [0.1, 0.15) is 0 Å². The van der Waals surface area contributed by atoms with Gasteiger partial charge in [0.05, 0.1) is 26.9 Å². The van der Waals surface area contributed by atoms with Crippen molar-refractivity contribution in [2.75, 3.05) is 38.5 Å². The number of rotatable bonds is 4. The van der Waals surface area contributed by atoms with Crippen LogP contribution in [-0.4, -0.2) is 31.3 Å². The second-order valence-electron chi connectivity index (χ2n) is 4.14. The van der Waals surface area contributed by atoms with Crippen LogP contribution in [0.5, 0.6) is 17.2 Å². The first-order chi connectivity index (χ1) is 10.0. The molecular formula is C13H17N5O3. The average Bonchev–Trinajstić information content (AvgIpc) is 2.44. The third kappa shape index (κ3) is 2.55. The Balaban J connectivity index is 2.70. The number of nitrogens with two attached hydrogens (primary N) is 3. The Morgan fingerprint density at radius 3 is 1.67 bits per heavy atom. The maximum atomic E-state index is 5.88. The molecule has 2 aromatic rings. The van der Waals surface area contributed by atoms with Gasteiger partial charge in [0.15, 0.2) is 11.5 Å². The summed E-state index contributed by atoms with van der Waals surface area (Å²) in [5, 5.41) is 0. The number of nitrogens with zero attached hydrogens (tertiary/aromatic N) is 2. The lowest BCUT2D eigenvalue weighted by atomic mass is 10.1. The molecule has 0 saturated heterocycles. The van der Waals surface area contributed by atoms with Crippen molar-refractivity contribution in [2.24, 2.45) is 0 Å². The number of hydrogen-bond donors (Lipinski definition) is 3. The van der Waals surface area contributed by atoms with Crippen molar-refractivity contribution in [3.63, 3.8) is 0 Å². The van der Waals surface area contributed by atoms with E-state index in [0.717, 1.165) is 0 Å². The van der Waals surface area contributed by atoms with Gasteiger partial charge in [-0.3, -0.25) is 0 Å². The Labute approximate surface area is 121 Å². The van der Waals surface area contributed by atoms with Gasteiger partial charge in [0.1, 0.15) is 11.6 Å². The van der Waals surface area contributed by atoms with E-state index in [-0.39, 0.29) is 17.6 Å². The molecular weight excluding hydrogens is 274 g/mol. The summed E-state index contributed by atoms with van der Waals surface area (Å²) in [6.07, 6.45) is 0. The van der Waals surface area contributed by atoms with E-state index in [9.17, 15) is 0 Å². The maximum Gasteiger partial charge on any atom is 0.223 e. The Hall–Kier alpha value is -2.90. The summed E-state index contributed by atoms with van der Waals surface area (Å²) in [5.74, 6) is 1.78. The first kappa shape index (κ1) is 14.5. The van der Waals surface area contributed by atoms with E-state index < -0.39 is 0 Å². The zero-order chi connectivity index (χ0) is 15.6. The molecule has 21 heavy (non-hydrogen) atoms. The molecule has 0 amide bonds. The normalized spacial score (nSPS) is 10.2. The number of methoxy groups -OCH3 is 3. The highest BCUT2D eigenvalue weighted by Gasteiger charge is 2.18. The molecule has 2 rings (SSSR count). The molecule has 0 fully saturated rings. The quantitative estimate of drug-likeness (QED) is 0.757. The first-order valence-electron chi connectivity index (χ1n) is 6.00. The van der Waals surface area contributed by atoms with Crippen LogP contribution >= 0.6 is 0 Å². The van der Waals surface area contributed by atoms with Crippen LogP contribution in [0.15, 0.2) is 12.1 Å². The molecule has 8 nitrogen and oxygen atoms in total. The van der Waals surface area contributed by atoms with Gasteiger partial charge in [-0.05, 0) is 17.7 Å². The van der Waals surface area contributed by atoms with Gasteiger partial charge in [0, 0.05) is 0 Å². The summed E-state index contributed by atoms with van der Waals surface area (Å²) in [6, 6.07) is 3.42. The lowest BCUT2D eigenvalue weighted by Gasteiger charge is -2.15. The molecule has 0 unspecified atom stereocenters. The summed E-state index contributed by atoms with van der Waals surface area (Å²) in [5.41, 5.74) is 18.4. The first-order valence-corrected chi connectivity index (χ1v) is 6.00. The van der Waals surface area contributed by atoms with Crippen molar-refractivity contribution in [3.05, 3.63) is 12.1 Å². The number of anilines is 3. The topological polar surface area (TPSA) is 132 Å². The summed E-state index contributed by atoms with van der Waals surface area (Å²) >= 11 is 0. The number of aromatic nitrogens is 2. The Kier molecular flexibility index (Phi) is 3.88. The molecule has 0 aliphatic carbocycles. The molecule has 0 bridgehead atoms. The highest BCUT2D eigenvalue weighted by atomic mass is 16.5. The summed E-state index contributed by atoms with van der Waals surface area (Å²) < 4.78 is 15.8. The predicted molar refractivity (Wildman–Crippen MR) is 80.4 cm³/mol. The molecule has 0 saturated carbocycles. The summed E-state index contributed by atoms with van der Waals surface area (Å²) in [7, 11) is 4.57. The molecule has 0 aliphatic heterocycles. The Bertz CT molecular complexity index is 627. The lowest BCUT2D eigenvalue weighted by molar-refractivity contribution is 0.324. The van der Waals surface area contributed by atoms with Gasteiger partial charge in [-0.2, -0.15) is 9.97 Å². The SMILES string of the molecule is COc1cc(-c2c(N)nc(N)nc2N)cc(OC)c1OC. The zero-order valence-corrected chi connectivity index (χ0v) is 12.0. The van der Waals surface area contributed by atoms with Gasteiger partial charge < -0.3 is 31.4 Å². The number of benzene rings is 1. The molecule has 1 aromatic carbocycles. The van der Waals surface area contributed by atoms with Gasteiger partial charge in [0.25, 0.3) is 0 Å². The van der Waals surface area contributed by atoms with Crippen LogP contribution in [0, 0.1) is 0 Å². The average molecular weight is 291 g/mol. The minimum atomic E-state index is 0.0150. The van der Waals surface area contributed by atoms with Gasteiger partial charge in [-0.15, -0.1) is 0 Å². The number of nitrogen functional groups attached to an aromatic ring is 3. The van der Waals surface area contributed by atoms with E-state index in [1.807, 2.05) is 0 Å². The van der Waals surface area contributed by atoms with Gasteiger partial charge >= 0.3 is 0 Å². The third-order valence-electron chi connectivity index (χ3n) is 2.94. The fraction of sp³-hybridized carbons (Fsp3) is 0.231. The van der Waals surface area contributed by atoms with Crippen LogP contribution < -0.4 is 31.4 Å². The van der Waals surface area contributed by atoms with E-state index >= 15 is 0 Å². The van der Waals surface area contributed by atoms with Crippen molar-refractivity contribution in [1.82, 2.24) is 9.97 Å². The van der Waals surface area contributed by atoms with Crippen molar-refractivity contribution in [3.8, 4) is 28.4 Å². The predicted octanol–water partition coefficient (Wildman–Crippen LogP) is 0.916. The third-order valence-corrected chi connectivity index (χ3v) is 2.94. The molecule has 8 heteroatoms. The van der Waals surface area contributed by atoms with Crippen molar-refractivity contribution >= 4 is 17.6 Å². The highest BCUT2D eigenvalue weighted by molar-refractivity contribution is 5.85. The minimum Gasteiger partial charge on any atom is -0.493 e. The van der Waals surface area contributed by atoms with E-state index in [4.69, 9.17) is 31.4 Å². The van der Waals surface area contributed by atoms with Crippen molar-refractivity contribution < 1.29 is 14.2 Å². The van der Waals surface area contributed by atoms with Crippen LogP contribution in [0.3, 0.4) is 0 Å². The second-order valence-corrected chi connectivity index (χ2v) is 4.14. The van der Waals surface area contributed by atoms with Crippen LogP contribution in [0.2, 0.25) is 0 Å². The fourth-order valence-electron chi connectivity index (χ4n) is 2.04. The van der Waals surface area contributed by atoms with Crippen molar-refractivity contribution in [2.45, 2.75) is 0 Å². The highest BCUT2D eigenvalue weighted by Crippen LogP contribution is 2.43. The van der Waals surface area contributed by atoms with Crippen molar-refractivity contribution in [1.29, 1.82) is 0 Å². The van der Waals surface area contributed by atoms with Crippen LogP contribution in [0.25, 0.3) is 11.1 Å². The zero-order valence-electron chi connectivity index (χ0n) is 12.0. The van der Waals surface area contributed by atoms with Crippen LogP contribution in [0.4, 0.5) is 17.6 Å². The number of ether oxygens (including phenoxy) is 3. The van der Waals surface area contributed by atoms with E-state index in [1.165, 1.54) is 21.3 Å². The molecule has 0 aliphatic rings. The van der Waals surface area contributed by atoms with Gasteiger partial charge in [-0.1, -0.05) is 0 Å². The molecule has 6 N–H and O–H groups in total. The summed E-state index contributed by atoms with van der Waals surface area (Å²) in [6.45, 7) is 0. The van der Waals surface area contributed by atoms with Gasteiger partial charge in [-0.25, -0.2) is 0 Å². The molecule has 1 heterocycles. The molecule has 112 valence electrons. The van der Waals surface area contributed by atoms with E-state index in [0.29, 0.717) is 28.4 Å². The smallest absolute Gasteiger partial charge is 0.223 e. The maximum absolute atomic E-state index is 5.88. The Morgan fingerprint density at radius 1 is 0.810 bits per heavy atom. The summed E-state index contributed by atoms with van der Waals surface area (Å²) in [4.78, 5) is 7.83. The monoisotopic (exact) mass is 291 g/mol. The van der Waals surface area contributed by atoms with E-state index in [1.54, 1.807) is 12.1 Å². The second kappa shape index (κ2) is 5.61.